The number of hydrogen-bond donors (Lipinski definition) is 1. The molecule has 4 bridgehead atoms. The molecule has 1 atom stereocenters. The van der Waals surface area contributed by atoms with Crippen LogP contribution >= 0.6 is 23.1 Å². The number of Topliss-reactive ketones (excluding diaryl/α,β-unsaturated/α-hetero) is 1. The van der Waals surface area contributed by atoms with Gasteiger partial charge in [-0.15, -0.1) is 10.2 Å². The van der Waals surface area contributed by atoms with Crippen LogP contribution in [0.1, 0.15) is 45.4 Å². The highest BCUT2D eigenvalue weighted by Gasteiger charge is 2.55. The number of hydrogen-bond acceptors (Lipinski definition) is 6. The number of nitrogens with zero attached hydrogens (tertiary/aromatic N) is 2. The maximum absolute atomic E-state index is 13.2. The molecule has 4 fully saturated rings. The average molecular weight is 338 g/mol. The molecule has 1 N–H and O–H groups in total. The quantitative estimate of drug-likeness (QED) is 0.827. The first-order valence-electron chi connectivity index (χ1n) is 8.30. The Morgan fingerprint density at radius 1 is 1.23 bits per heavy atom. The van der Waals surface area contributed by atoms with Crippen LogP contribution in [0, 0.1) is 23.2 Å². The first kappa shape index (κ1) is 14.9. The van der Waals surface area contributed by atoms with Crippen LogP contribution in [-0.4, -0.2) is 28.3 Å². The summed E-state index contributed by atoms with van der Waals surface area (Å²) in [7, 11) is 1.85. The van der Waals surface area contributed by atoms with E-state index in [1.54, 1.807) is 11.8 Å². The summed E-state index contributed by atoms with van der Waals surface area (Å²) < 4.78 is 0.898. The topological polar surface area (TPSA) is 54.9 Å². The van der Waals surface area contributed by atoms with Crippen molar-refractivity contribution in [2.24, 2.45) is 23.2 Å². The van der Waals surface area contributed by atoms with Crippen molar-refractivity contribution < 1.29 is 4.79 Å². The zero-order valence-electron chi connectivity index (χ0n) is 13.2. The monoisotopic (exact) mass is 337 g/mol. The van der Waals surface area contributed by atoms with Gasteiger partial charge in [0.15, 0.2) is 10.1 Å². The Morgan fingerprint density at radius 3 is 2.32 bits per heavy atom. The van der Waals surface area contributed by atoms with Crippen molar-refractivity contribution in [3.8, 4) is 0 Å². The molecule has 120 valence electrons. The molecule has 0 amide bonds. The summed E-state index contributed by atoms with van der Waals surface area (Å²) in [6, 6.07) is 0. The molecule has 0 unspecified atom stereocenters. The summed E-state index contributed by atoms with van der Waals surface area (Å²) in [6.45, 7) is 2.06. The molecule has 1 aromatic rings. The second kappa shape index (κ2) is 5.48. The number of nitrogens with one attached hydrogen (secondary N) is 1. The second-order valence-corrected chi connectivity index (χ2v) is 10.0. The van der Waals surface area contributed by atoms with E-state index in [4.69, 9.17) is 0 Å². The van der Waals surface area contributed by atoms with E-state index in [-0.39, 0.29) is 10.7 Å². The highest BCUT2D eigenvalue weighted by atomic mass is 32.2. The molecule has 4 aliphatic carbocycles. The van der Waals surface area contributed by atoms with Crippen LogP contribution < -0.4 is 5.32 Å². The third kappa shape index (κ3) is 2.48. The van der Waals surface area contributed by atoms with E-state index in [0.717, 1.165) is 46.5 Å². The van der Waals surface area contributed by atoms with Gasteiger partial charge in [-0.3, -0.25) is 4.79 Å². The molecule has 4 nitrogen and oxygen atoms in total. The van der Waals surface area contributed by atoms with Crippen molar-refractivity contribution in [1.82, 2.24) is 10.2 Å². The summed E-state index contributed by atoms with van der Waals surface area (Å²) in [5.74, 6) is 2.96. The maximum Gasteiger partial charge on any atom is 0.206 e. The van der Waals surface area contributed by atoms with Crippen molar-refractivity contribution >= 4 is 34.0 Å². The molecule has 4 saturated carbocycles. The summed E-state index contributed by atoms with van der Waals surface area (Å²) in [5, 5.41) is 12.1. The van der Waals surface area contributed by atoms with E-state index in [2.05, 4.69) is 22.4 Å². The van der Waals surface area contributed by atoms with E-state index in [9.17, 15) is 4.79 Å². The normalized spacial score (nSPS) is 37.3. The lowest BCUT2D eigenvalue weighted by Crippen LogP contribution is -2.51. The fourth-order valence-corrected chi connectivity index (χ4v) is 7.45. The van der Waals surface area contributed by atoms with Crippen LogP contribution in [0.3, 0.4) is 0 Å². The van der Waals surface area contributed by atoms with Gasteiger partial charge in [-0.2, -0.15) is 0 Å². The van der Waals surface area contributed by atoms with Gasteiger partial charge in [0.25, 0.3) is 0 Å². The van der Waals surface area contributed by atoms with Crippen molar-refractivity contribution in [2.75, 3.05) is 12.4 Å². The number of anilines is 1. The average Bonchev–Trinajstić information content (AvgIpc) is 2.92. The Bertz CT molecular complexity index is 550. The Kier molecular flexibility index (Phi) is 3.72. The number of carbonyl (C=O) groups excluding carboxylic acids is 1. The molecular formula is C16H23N3OS2. The van der Waals surface area contributed by atoms with Gasteiger partial charge in [-0.25, -0.2) is 0 Å². The Balaban J connectivity index is 1.48. The molecule has 0 aliphatic heterocycles. The standard InChI is InChI=1S/C16H23N3OS2/c1-9(21-15-19-18-14(17-2)22-15)13(20)16-6-10-3-11(7-16)5-12(4-10)8-16/h9-12H,3-8H2,1-2H3,(H,17,18)/t9-,10?,11?,12?,16?/m0/s1. The van der Waals surface area contributed by atoms with Crippen LogP contribution in [0.2, 0.25) is 0 Å². The van der Waals surface area contributed by atoms with Gasteiger partial charge in [0, 0.05) is 12.5 Å². The van der Waals surface area contributed by atoms with E-state index in [1.165, 1.54) is 30.6 Å². The number of ketones is 1. The fourth-order valence-electron chi connectivity index (χ4n) is 5.41. The molecule has 0 radical (unpaired) electrons. The number of aromatic nitrogens is 2. The Morgan fingerprint density at radius 2 is 1.82 bits per heavy atom. The molecule has 5 rings (SSSR count). The third-order valence-corrected chi connectivity index (χ3v) is 7.95. The minimum Gasteiger partial charge on any atom is -0.363 e. The molecular weight excluding hydrogens is 314 g/mol. The zero-order valence-corrected chi connectivity index (χ0v) is 14.8. The largest absolute Gasteiger partial charge is 0.363 e. The van der Waals surface area contributed by atoms with Crippen LogP contribution in [0.25, 0.3) is 0 Å². The minimum atomic E-state index is -0.00564. The first-order chi connectivity index (χ1) is 10.6. The van der Waals surface area contributed by atoms with Crippen molar-refractivity contribution in [3.63, 3.8) is 0 Å². The lowest BCUT2D eigenvalue weighted by molar-refractivity contribution is -0.142. The number of thioether (sulfide) groups is 1. The first-order valence-corrected chi connectivity index (χ1v) is 10.00. The van der Waals surface area contributed by atoms with Crippen molar-refractivity contribution in [1.29, 1.82) is 0 Å². The minimum absolute atomic E-state index is 0.00229. The van der Waals surface area contributed by atoms with E-state index in [0.29, 0.717) is 5.78 Å². The molecule has 0 spiro atoms. The van der Waals surface area contributed by atoms with Crippen LogP contribution in [0.15, 0.2) is 4.34 Å². The van der Waals surface area contributed by atoms with Crippen LogP contribution in [-0.2, 0) is 4.79 Å². The van der Waals surface area contributed by atoms with Crippen molar-refractivity contribution in [2.45, 2.75) is 55.0 Å². The van der Waals surface area contributed by atoms with E-state index >= 15 is 0 Å². The lowest BCUT2D eigenvalue weighted by atomic mass is 9.48. The smallest absolute Gasteiger partial charge is 0.206 e. The Labute approximate surface area is 139 Å². The number of carbonyl (C=O) groups is 1. The van der Waals surface area contributed by atoms with Gasteiger partial charge in [0.1, 0.15) is 0 Å². The summed E-state index contributed by atoms with van der Waals surface area (Å²) in [6.07, 6.45) is 7.61. The van der Waals surface area contributed by atoms with Gasteiger partial charge in [0.05, 0.1) is 5.25 Å². The third-order valence-electron chi connectivity index (χ3n) is 5.83. The molecule has 0 saturated heterocycles. The fraction of sp³-hybridized carbons (Fsp3) is 0.812. The molecule has 0 aromatic carbocycles. The summed E-state index contributed by atoms with van der Waals surface area (Å²) in [4.78, 5) is 13.2. The van der Waals surface area contributed by atoms with Gasteiger partial charge in [0.2, 0.25) is 5.13 Å². The Hall–Kier alpha value is -0.620. The highest BCUT2D eigenvalue weighted by molar-refractivity contribution is 8.02. The summed E-state index contributed by atoms with van der Waals surface area (Å²) in [5.41, 5.74) is -0.00229. The van der Waals surface area contributed by atoms with Gasteiger partial charge in [-0.1, -0.05) is 23.1 Å². The van der Waals surface area contributed by atoms with Gasteiger partial charge < -0.3 is 5.32 Å². The molecule has 6 heteroatoms. The SMILES string of the molecule is CNc1nnc(S[C@@H](C)C(=O)C23CC4CC(CC(C4)C2)C3)s1. The van der Waals surface area contributed by atoms with Crippen molar-refractivity contribution in [3.05, 3.63) is 0 Å². The van der Waals surface area contributed by atoms with E-state index < -0.39 is 0 Å². The number of rotatable bonds is 5. The van der Waals surface area contributed by atoms with Crippen LogP contribution in [0.4, 0.5) is 5.13 Å². The second-order valence-electron chi connectivity index (χ2n) is 7.45. The molecule has 4 aliphatic rings. The van der Waals surface area contributed by atoms with Crippen LogP contribution in [0.5, 0.6) is 0 Å². The zero-order chi connectivity index (χ0) is 15.3. The molecule has 22 heavy (non-hydrogen) atoms. The predicted molar refractivity (Wildman–Crippen MR) is 90.4 cm³/mol. The summed E-state index contributed by atoms with van der Waals surface area (Å²) >= 11 is 3.13. The lowest BCUT2D eigenvalue weighted by Gasteiger charge is -2.56. The highest BCUT2D eigenvalue weighted by Crippen LogP contribution is 2.61. The molecule has 1 aromatic heterocycles. The van der Waals surface area contributed by atoms with Gasteiger partial charge in [-0.05, 0) is 63.2 Å². The maximum atomic E-state index is 13.2. The predicted octanol–water partition coefficient (Wildman–Crippen LogP) is 3.85. The van der Waals surface area contributed by atoms with E-state index in [1.807, 2.05) is 7.05 Å². The molecule has 1 heterocycles. The van der Waals surface area contributed by atoms with Gasteiger partial charge >= 0.3 is 0 Å².